The highest BCUT2D eigenvalue weighted by Crippen LogP contribution is 2.24. The van der Waals surface area contributed by atoms with Crippen molar-refractivity contribution >= 4 is 27.5 Å². The van der Waals surface area contributed by atoms with Crippen LogP contribution in [-0.2, 0) is 16.8 Å². The first-order valence-corrected chi connectivity index (χ1v) is 7.57. The Morgan fingerprint density at radius 1 is 1.10 bits per heavy atom. The van der Waals surface area contributed by atoms with E-state index in [1.54, 1.807) is 0 Å². The maximum Gasteiger partial charge on any atom is 0.230 e. The summed E-state index contributed by atoms with van der Waals surface area (Å²) in [5.74, 6) is -0.00445. The van der Waals surface area contributed by atoms with Gasteiger partial charge in [0.25, 0.3) is 0 Å². The van der Waals surface area contributed by atoms with Crippen molar-refractivity contribution in [1.29, 1.82) is 0 Å². The molecule has 0 aliphatic rings. The predicted octanol–water partition coefficient (Wildman–Crippen LogP) is 3.63. The van der Waals surface area contributed by atoms with Gasteiger partial charge in [0.2, 0.25) is 5.91 Å². The monoisotopic (exact) mass is 346 g/mol. The van der Waals surface area contributed by atoms with Gasteiger partial charge in [0.1, 0.15) is 0 Å². The predicted molar refractivity (Wildman–Crippen MR) is 89.9 cm³/mol. The Morgan fingerprint density at radius 2 is 1.67 bits per heavy atom. The van der Waals surface area contributed by atoms with Crippen molar-refractivity contribution in [2.24, 2.45) is 0 Å². The lowest BCUT2D eigenvalue weighted by molar-refractivity contribution is -0.125. The van der Waals surface area contributed by atoms with Crippen molar-refractivity contribution in [1.82, 2.24) is 5.32 Å². The molecule has 1 amide bonds. The van der Waals surface area contributed by atoms with Crippen LogP contribution in [0.5, 0.6) is 0 Å². The molecule has 110 valence electrons. The molecule has 2 aromatic carbocycles. The molecule has 4 heteroatoms. The lowest BCUT2D eigenvalue weighted by Crippen LogP contribution is -2.39. The van der Waals surface area contributed by atoms with Gasteiger partial charge in [-0.3, -0.25) is 4.79 Å². The van der Waals surface area contributed by atoms with Crippen LogP contribution >= 0.6 is 15.9 Å². The van der Waals surface area contributed by atoms with E-state index >= 15 is 0 Å². The van der Waals surface area contributed by atoms with Crippen LogP contribution in [0.1, 0.15) is 25.0 Å². The van der Waals surface area contributed by atoms with Crippen LogP contribution in [0.2, 0.25) is 0 Å². The molecule has 0 bridgehead atoms. The van der Waals surface area contributed by atoms with Gasteiger partial charge < -0.3 is 11.1 Å². The van der Waals surface area contributed by atoms with Crippen molar-refractivity contribution in [2.45, 2.75) is 25.8 Å². The molecule has 2 rings (SSSR count). The highest BCUT2D eigenvalue weighted by Gasteiger charge is 2.29. The molecular formula is C17H19BrN2O. The summed E-state index contributed by atoms with van der Waals surface area (Å²) in [6.45, 7) is 4.34. The summed E-state index contributed by atoms with van der Waals surface area (Å²) < 4.78 is 1.03. The highest BCUT2D eigenvalue weighted by atomic mass is 79.9. The molecule has 0 atom stereocenters. The van der Waals surface area contributed by atoms with Crippen LogP contribution < -0.4 is 11.1 Å². The number of anilines is 1. The Kier molecular flexibility index (Phi) is 4.68. The number of hydrogen-bond donors (Lipinski definition) is 2. The number of rotatable bonds is 4. The van der Waals surface area contributed by atoms with E-state index in [1.165, 1.54) is 0 Å². The molecule has 3 nitrogen and oxygen atoms in total. The first kappa shape index (κ1) is 15.6. The van der Waals surface area contributed by atoms with Gasteiger partial charge in [0, 0.05) is 16.7 Å². The number of nitrogen functional groups attached to an aromatic ring is 1. The van der Waals surface area contributed by atoms with E-state index in [0.717, 1.165) is 15.6 Å². The summed E-state index contributed by atoms with van der Waals surface area (Å²) in [5, 5.41) is 2.99. The first-order chi connectivity index (χ1) is 9.89. The molecule has 0 aliphatic carbocycles. The maximum absolute atomic E-state index is 12.4. The van der Waals surface area contributed by atoms with Crippen LogP contribution in [-0.4, -0.2) is 5.91 Å². The number of hydrogen-bond acceptors (Lipinski definition) is 2. The Labute approximate surface area is 133 Å². The number of carbonyl (C=O) groups is 1. The van der Waals surface area contributed by atoms with Gasteiger partial charge in [0.05, 0.1) is 5.41 Å². The summed E-state index contributed by atoms with van der Waals surface area (Å²) in [6.07, 6.45) is 0. The Morgan fingerprint density at radius 3 is 2.24 bits per heavy atom. The number of nitrogens with two attached hydrogens (primary N) is 1. The molecule has 0 saturated heterocycles. The second-order valence-corrected chi connectivity index (χ2v) is 6.47. The molecule has 0 saturated carbocycles. The molecule has 2 aromatic rings. The van der Waals surface area contributed by atoms with Crippen LogP contribution in [0.4, 0.5) is 5.69 Å². The van der Waals surface area contributed by atoms with Crippen LogP contribution in [0.25, 0.3) is 0 Å². The van der Waals surface area contributed by atoms with Crippen molar-refractivity contribution in [3.8, 4) is 0 Å². The summed E-state index contributed by atoms with van der Waals surface area (Å²) in [4.78, 5) is 12.4. The normalized spacial score (nSPS) is 11.2. The van der Waals surface area contributed by atoms with Gasteiger partial charge >= 0.3 is 0 Å². The van der Waals surface area contributed by atoms with E-state index in [4.69, 9.17) is 5.73 Å². The molecule has 0 heterocycles. The standard InChI is InChI=1S/C17H19BrN2O/c1-17(2,13-5-9-15(19)10-6-13)16(21)20-11-12-3-7-14(18)8-4-12/h3-10H,11,19H2,1-2H3,(H,20,21). The third kappa shape index (κ3) is 3.85. The molecule has 0 unspecified atom stereocenters. The van der Waals surface area contributed by atoms with Gasteiger partial charge in [0.15, 0.2) is 0 Å². The number of nitrogens with one attached hydrogen (secondary N) is 1. The molecule has 0 fully saturated rings. The van der Waals surface area contributed by atoms with E-state index in [9.17, 15) is 4.79 Å². The molecule has 0 radical (unpaired) electrons. The average Bonchev–Trinajstić information content (AvgIpc) is 2.46. The zero-order valence-corrected chi connectivity index (χ0v) is 13.8. The zero-order valence-electron chi connectivity index (χ0n) is 12.2. The van der Waals surface area contributed by atoms with Crippen LogP contribution in [0.3, 0.4) is 0 Å². The lowest BCUT2D eigenvalue weighted by atomic mass is 9.83. The lowest BCUT2D eigenvalue weighted by Gasteiger charge is -2.24. The molecular weight excluding hydrogens is 328 g/mol. The smallest absolute Gasteiger partial charge is 0.230 e. The molecule has 0 aliphatic heterocycles. The molecule has 0 aromatic heterocycles. The second kappa shape index (κ2) is 6.31. The second-order valence-electron chi connectivity index (χ2n) is 5.56. The van der Waals surface area contributed by atoms with Gasteiger partial charge in [-0.2, -0.15) is 0 Å². The molecule has 21 heavy (non-hydrogen) atoms. The zero-order chi connectivity index (χ0) is 15.5. The number of halogens is 1. The van der Waals surface area contributed by atoms with Gasteiger partial charge in [-0.1, -0.05) is 40.2 Å². The topological polar surface area (TPSA) is 55.1 Å². The number of amides is 1. The highest BCUT2D eigenvalue weighted by molar-refractivity contribution is 9.10. The van der Waals surface area contributed by atoms with E-state index in [2.05, 4.69) is 21.2 Å². The number of benzene rings is 2. The van der Waals surface area contributed by atoms with Crippen molar-refractivity contribution in [2.75, 3.05) is 5.73 Å². The fourth-order valence-corrected chi connectivity index (χ4v) is 2.30. The minimum absolute atomic E-state index is 0.00445. The largest absolute Gasteiger partial charge is 0.399 e. The summed E-state index contributed by atoms with van der Waals surface area (Å²) in [7, 11) is 0. The van der Waals surface area contributed by atoms with Gasteiger partial charge in [-0.25, -0.2) is 0 Å². The third-order valence-corrected chi connectivity index (χ3v) is 4.10. The van der Waals surface area contributed by atoms with Crippen molar-refractivity contribution in [3.63, 3.8) is 0 Å². The van der Waals surface area contributed by atoms with E-state index < -0.39 is 5.41 Å². The summed E-state index contributed by atoms with van der Waals surface area (Å²) in [5.41, 5.74) is 7.81. The quantitative estimate of drug-likeness (QED) is 0.830. The fourth-order valence-electron chi connectivity index (χ4n) is 2.04. The Balaban J connectivity index is 2.04. The summed E-state index contributed by atoms with van der Waals surface area (Å²) >= 11 is 3.40. The van der Waals surface area contributed by atoms with E-state index in [-0.39, 0.29) is 5.91 Å². The van der Waals surface area contributed by atoms with E-state index in [0.29, 0.717) is 12.2 Å². The third-order valence-electron chi connectivity index (χ3n) is 3.57. The SMILES string of the molecule is CC(C)(C(=O)NCc1ccc(Br)cc1)c1ccc(N)cc1. The van der Waals surface area contributed by atoms with Gasteiger partial charge in [-0.05, 0) is 49.2 Å². The minimum Gasteiger partial charge on any atom is -0.399 e. The van der Waals surface area contributed by atoms with Crippen molar-refractivity contribution < 1.29 is 4.79 Å². The minimum atomic E-state index is -0.594. The molecule has 0 spiro atoms. The summed E-state index contributed by atoms with van der Waals surface area (Å²) in [6, 6.07) is 15.3. The van der Waals surface area contributed by atoms with Crippen LogP contribution in [0, 0.1) is 0 Å². The maximum atomic E-state index is 12.4. The fraction of sp³-hybridized carbons (Fsp3) is 0.235. The first-order valence-electron chi connectivity index (χ1n) is 6.78. The Hall–Kier alpha value is -1.81. The molecule has 3 N–H and O–H groups in total. The van der Waals surface area contributed by atoms with Crippen molar-refractivity contribution in [3.05, 3.63) is 64.1 Å². The Bertz CT molecular complexity index is 618. The average molecular weight is 347 g/mol. The van der Waals surface area contributed by atoms with Crippen LogP contribution in [0.15, 0.2) is 53.0 Å². The van der Waals surface area contributed by atoms with Gasteiger partial charge in [-0.15, -0.1) is 0 Å². The number of carbonyl (C=O) groups excluding carboxylic acids is 1. The van der Waals surface area contributed by atoms with E-state index in [1.807, 2.05) is 62.4 Å².